The molecule has 1 fully saturated rings. The molecule has 2 amide bonds. The first-order valence-electron chi connectivity index (χ1n) is 8.98. The SMILES string of the molecule is CC(C)Oc1ccc(C#N)cc1NC(=O)N1CCN(c2ccncc2)CC1. The highest BCUT2D eigenvalue weighted by Crippen LogP contribution is 2.27. The fraction of sp³-hybridized carbons (Fsp3) is 0.350. The van der Waals surface area contributed by atoms with Crippen molar-refractivity contribution in [1.29, 1.82) is 5.26 Å². The lowest BCUT2D eigenvalue weighted by atomic mass is 10.2. The molecule has 3 rings (SSSR count). The van der Waals surface area contributed by atoms with Gasteiger partial charge in [0.15, 0.2) is 0 Å². The summed E-state index contributed by atoms with van der Waals surface area (Å²) in [4.78, 5) is 20.7. The van der Waals surface area contributed by atoms with Crippen molar-refractivity contribution in [3.05, 3.63) is 48.3 Å². The second kappa shape index (κ2) is 8.41. The summed E-state index contributed by atoms with van der Waals surface area (Å²) in [7, 11) is 0. The minimum atomic E-state index is -0.187. The maximum absolute atomic E-state index is 12.7. The van der Waals surface area contributed by atoms with E-state index in [-0.39, 0.29) is 12.1 Å². The molecule has 0 spiro atoms. The Hall–Kier alpha value is -3.27. The van der Waals surface area contributed by atoms with Crippen LogP contribution in [-0.4, -0.2) is 48.2 Å². The van der Waals surface area contributed by atoms with E-state index in [1.165, 1.54) is 0 Å². The van der Waals surface area contributed by atoms with Crippen LogP contribution in [0.5, 0.6) is 5.75 Å². The van der Waals surface area contributed by atoms with E-state index in [2.05, 4.69) is 21.3 Å². The van der Waals surface area contributed by atoms with Gasteiger partial charge in [-0.25, -0.2) is 4.79 Å². The fourth-order valence-corrected chi connectivity index (χ4v) is 2.97. The summed E-state index contributed by atoms with van der Waals surface area (Å²) in [5.41, 5.74) is 2.10. The molecule has 0 bridgehead atoms. The Morgan fingerprint density at radius 2 is 1.89 bits per heavy atom. The van der Waals surface area contributed by atoms with Gasteiger partial charge in [-0.15, -0.1) is 0 Å². The Morgan fingerprint density at radius 3 is 2.52 bits per heavy atom. The van der Waals surface area contributed by atoms with Crippen LogP contribution >= 0.6 is 0 Å². The number of nitriles is 1. The highest BCUT2D eigenvalue weighted by Gasteiger charge is 2.22. The summed E-state index contributed by atoms with van der Waals surface area (Å²) < 4.78 is 5.75. The molecule has 2 aromatic rings. The van der Waals surface area contributed by atoms with E-state index in [9.17, 15) is 4.79 Å². The van der Waals surface area contributed by atoms with Crippen LogP contribution in [0, 0.1) is 11.3 Å². The van der Waals surface area contributed by atoms with Gasteiger partial charge in [0.25, 0.3) is 0 Å². The zero-order chi connectivity index (χ0) is 19.2. The first-order valence-corrected chi connectivity index (χ1v) is 8.98. The van der Waals surface area contributed by atoms with Crippen LogP contribution in [0.2, 0.25) is 0 Å². The summed E-state index contributed by atoms with van der Waals surface area (Å²) in [5.74, 6) is 0.563. The van der Waals surface area contributed by atoms with Crippen molar-refractivity contribution in [1.82, 2.24) is 9.88 Å². The number of nitrogens with one attached hydrogen (secondary N) is 1. The molecular weight excluding hydrogens is 342 g/mol. The van der Waals surface area contributed by atoms with Gasteiger partial charge in [0.05, 0.1) is 23.4 Å². The summed E-state index contributed by atoms with van der Waals surface area (Å²) >= 11 is 0. The number of rotatable bonds is 4. The number of anilines is 2. The number of hydrogen-bond acceptors (Lipinski definition) is 5. The predicted molar refractivity (Wildman–Crippen MR) is 104 cm³/mol. The van der Waals surface area contributed by atoms with Crippen LogP contribution in [-0.2, 0) is 0 Å². The lowest BCUT2D eigenvalue weighted by molar-refractivity contribution is 0.207. The first kappa shape index (κ1) is 18.5. The number of pyridine rings is 1. The third kappa shape index (κ3) is 4.67. The third-order valence-electron chi connectivity index (χ3n) is 4.31. The van der Waals surface area contributed by atoms with Gasteiger partial charge in [-0.1, -0.05) is 0 Å². The Morgan fingerprint density at radius 1 is 1.19 bits per heavy atom. The minimum Gasteiger partial charge on any atom is -0.489 e. The fourth-order valence-electron chi connectivity index (χ4n) is 2.97. The molecule has 140 valence electrons. The Bertz CT molecular complexity index is 824. The van der Waals surface area contributed by atoms with Gasteiger partial charge in [0.1, 0.15) is 5.75 Å². The smallest absolute Gasteiger partial charge is 0.322 e. The molecule has 1 saturated heterocycles. The zero-order valence-corrected chi connectivity index (χ0v) is 15.6. The highest BCUT2D eigenvalue weighted by molar-refractivity contribution is 5.91. The summed E-state index contributed by atoms with van der Waals surface area (Å²) in [6.07, 6.45) is 3.51. The number of nitrogens with zero attached hydrogens (tertiary/aromatic N) is 4. The van der Waals surface area contributed by atoms with Gasteiger partial charge < -0.3 is 19.9 Å². The number of urea groups is 1. The normalized spacial score (nSPS) is 14.0. The molecule has 7 nitrogen and oxygen atoms in total. The molecule has 2 heterocycles. The van der Waals surface area contributed by atoms with Gasteiger partial charge >= 0.3 is 6.03 Å². The van der Waals surface area contributed by atoms with E-state index in [1.54, 1.807) is 35.5 Å². The molecule has 0 saturated carbocycles. The number of ether oxygens (including phenoxy) is 1. The van der Waals surface area contributed by atoms with Gasteiger partial charge in [-0.2, -0.15) is 5.26 Å². The molecular formula is C20H23N5O2. The minimum absolute atomic E-state index is 0.0301. The first-order chi connectivity index (χ1) is 13.1. The van der Waals surface area contributed by atoms with Gasteiger partial charge in [0.2, 0.25) is 0 Å². The van der Waals surface area contributed by atoms with E-state index in [4.69, 9.17) is 10.00 Å². The molecule has 1 aromatic heterocycles. The van der Waals surface area contributed by atoms with Crippen molar-refractivity contribution in [3.63, 3.8) is 0 Å². The van der Waals surface area contributed by atoms with Gasteiger partial charge in [-0.3, -0.25) is 4.98 Å². The average Bonchev–Trinajstić information content (AvgIpc) is 2.69. The number of amides is 2. The maximum atomic E-state index is 12.7. The van der Waals surface area contributed by atoms with E-state index in [0.29, 0.717) is 30.1 Å². The number of carbonyl (C=O) groups is 1. The molecule has 7 heteroatoms. The third-order valence-corrected chi connectivity index (χ3v) is 4.31. The van der Waals surface area contributed by atoms with Crippen LogP contribution < -0.4 is 15.0 Å². The maximum Gasteiger partial charge on any atom is 0.322 e. The van der Waals surface area contributed by atoms with Crippen LogP contribution in [0.3, 0.4) is 0 Å². The summed E-state index contributed by atoms with van der Waals surface area (Å²) in [6, 6.07) is 10.9. The Labute approximate surface area is 159 Å². The van der Waals surface area contributed by atoms with E-state index < -0.39 is 0 Å². The topological polar surface area (TPSA) is 81.5 Å². The molecule has 1 aromatic carbocycles. The van der Waals surface area contributed by atoms with Crippen LogP contribution in [0.1, 0.15) is 19.4 Å². The lowest BCUT2D eigenvalue weighted by Gasteiger charge is -2.36. The molecule has 1 N–H and O–H groups in total. The highest BCUT2D eigenvalue weighted by atomic mass is 16.5. The Balaban J connectivity index is 1.65. The second-order valence-corrected chi connectivity index (χ2v) is 6.60. The molecule has 0 radical (unpaired) electrons. The largest absolute Gasteiger partial charge is 0.489 e. The summed E-state index contributed by atoms with van der Waals surface area (Å²) in [6.45, 7) is 6.58. The Kier molecular flexibility index (Phi) is 5.77. The van der Waals surface area contributed by atoms with Crippen LogP contribution in [0.4, 0.5) is 16.2 Å². The molecule has 0 unspecified atom stereocenters. The van der Waals surface area contributed by atoms with Crippen molar-refractivity contribution < 1.29 is 9.53 Å². The lowest BCUT2D eigenvalue weighted by Crippen LogP contribution is -2.50. The summed E-state index contributed by atoms with van der Waals surface area (Å²) in [5, 5.41) is 12.0. The quantitative estimate of drug-likeness (QED) is 0.900. The van der Waals surface area contributed by atoms with Crippen LogP contribution in [0.15, 0.2) is 42.7 Å². The number of hydrogen-bond donors (Lipinski definition) is 1. The standard InChI is InChI=1S/C20H23N5O2/c1-15(2)27-19-4-3-16(14-21)13-18(19)23-20(26)25-11-9-24(10-12-25)17-5-7-22-8-6-17/h3-8,13,15H,9-12H2,1-2H3,(H,23,26). The molecule has 1 aliphatic heterocycles. The number of piperazine rings is 1. The van der Waals surface area contributed by atoms with Gasteiger partial charge in [0, 0.05) is 44.3 Å². The van der Waals surface area contributed by atoms with Crippen molar-refractivity contribution in [2.24, 2.45) is 0 Å². The monoisotopic (exact) mass is 365 g/mol. The zero-order valence-electron chi connectivity index (χ0n) is 15.6. The number of aromatic nitrogens is 1. The van der Waals surface area contributed by atoms with Crippen molar-refractivity contribution >= 4 is 17.4 Å². The molecule has 0 aliphatic carbocycles. The van der Waals surface area contributed by atoms with Gasteiger partial charge in [-0.05, 0) is 44.2 Å². The number of benzene rings is 1. The molecule has 0 atom stereocenters. The molecule has 1 aliphatic rings. The van der Waals surface area contributed by atoms with Crippen molar-refractivity contribution in [2.45, 2.75) is 20.0 Å². The molecule has 27 heavy (non-hydrogen) atoms. The van der Waals surface area contributed by atoms with Crippen molar-refractivity contribution in [3.8, 4) is 11.8 Å². The second-order valence-electron chi connectivity index (χ2n) is 6.60. The van der Waals surface area contributed by atoms with Crippen molar-refractivity contribution in [2.75, 3.05) is 36.4 Å². The van der Waals surface area contributed by atoms with E-state index >= 15 is 0 Å². The van der Waals surface area contributed by atoms with Crippen LogP contribution in [0.25, 0.3) is 0 Å². The predicted octanol–water partition coefficient (Wildman–Crippen LogP) is 3.09. The van der Waals surface area contributed by atoms with E-state index in [0.717, 1.165) is 18.8 Å². The average molecular weight is 365 g/mol. The number of carbonyl (C=O) groups excluding carboxylic acids is 1. The van der Waals surface area contributed by atoms with E-state index in [1.807, 2.05) is 26.0 Å².